The van der Waals surface area contributed by atoms with Crippen LogP contribution in [0.3, 0.4) is 0 Å². The third kappa shape index (κ3) is 11.6. The molecule has 0 saturated carbocycles. The van der Waals surface area contributed by atoms with Crippen molar-refractivity contribution in [2.45, 2.75) is 128 Å². The van der Waals surface area contributed by atoms with Crippen LogP contribution < -0.4 is 5.73 Å². The molecule has 0 aromatic carbocycles. The van der Waals surface area contributed by atoms with E-state index in [0.29, 0.717) is 44.6 Å². The minimum absolute atomic E-state index is 0.0301. The van der Waals surface area contributed by atoms with Gasteiger partial charge in [-0.2, -0.15) is 0 Å². The largest absolute Gasteiger partial charge is 0.465 e. The van der Waals surface area contributed by atoms with E-state index < -0.39 is 65.4 Å². The molecule has 1 unspecified atom stereocenters. The molecule has 0 bridgehead atoms. The van der Waals surface area contributed by atoms with Crippen LogP contribution in [0.15, 0.2) is 36.0 Å². The zero-order valence-electron chi connectivity index (χ0n) is 30.9. The number of piperazine rings is 1. The van der Waals surface area contributed by atoms with Crippen LogP contribution in [0.4, 0.5) is 4.79 Å². The lowest BCUT2D eigenvalue weighted by Gasteiger charge is -2.48. The summed E-state index contributed by atoms with van der Waals surface area (Å²) >= 11 is 0. The monoisotopic (exact) mass is 707 g/mol. The molecular weight excluding hydrogens is 646 g/mol. The van der Waals surface area contributed by atoms with E-state index >= 15 is 0 Å². The first-order valence-electron chi connectivity index (χ1n) is 18.0. The summed E-state index contributed by atoms with van der Waals surface area (Å²) in [4.78, 5) is 41.5. The third-order valence-corrected chi connectivity index (χ3v) is 10.5. The predicted octanol–water partition coefficient (Wildman–Crippen LogP) is 3.01. The quantitative estimate of drug-likeness (QED) is 0.0863. The van der Waals surface area contributed by atoms with Gasteiger partial charge in [-0.1, -0.05) is 51.2 Å². The zero-order valence-corrected chi connectivity index (χ0v) is 30.9. The highest BCUT2D eigenvalue weighted by atomic mass is 16.6. The smallest absolute Gasteiger partial charge is 0.407 e. The van der Waals surface area contributed by atoms with E-state index in [9.17, 15) is 34.8 Å². The number of carbonyl (C=O) groups is 3. The Balaban J connectivity index is 1.93. The summed E-state index contributed by atoms with van der Waals surface area (Å²) in [5.74, 6) is -2.16. The predicted molar refractivity (Wildman–Crippen MR) is 188 cm³/mol. The van der Waals surface area contributed by atoms with Gasteiger partial charge in [0.25, 0.3) is 0 Å². The van der Waals surface area contributed by atoms with E-state index in [2.05, 4.69) is 4.90 Å². The maximum absolute atomic E-state index is 13.1. The minimum Gasteiger partial charge on any atom is -0.465 e. The van der Waals surface area contributed by atoms with Gasteiger partial charge < -0.3 is 45.3 Å². The molecule has 3 aliphatic rings. The van der Waals surface area contributed by atoms with Crippen molar-refractivity contribution in [1.29, 1.82) is 0 Å². The summed E-state index contributed by atoms with van der Waals surface area (Å²) in [6.07, 6.45) is 6.27. The molecule has 0 aromatic heterocycles. The second kappa shape index (κ2) is 18.1. The van der Waals surface area contributed by atoms with E-state index in [-0.39, 0.29) is 43.9 Å². The number of amides is 1. The van der Waals surface area contributed by atoms with E-state index in [1.807, 2.05) is 39.8 Å². The molecule has 2 fully saturated rings. The molecule has 1 amide bonds. The van der Waals surface area contributed by atoms with Crippen molar-refractivity contribution in [3.8, 4) is 0 Å². The summed E-state index contributed by atoms with van der Waals surface area (Å²) in [6, 6.07) is -0.591. The molecule has 3 aliphatic heterocycles. The Bertz CT molecular complexity index is 1250. The average molecular weight is 708 g/mol. The number of aliphatic hydroxyl groups is 3. The fourth-order valence-corrected chi connectivity index (χ4v) is 7.45. The van der Waals surface area contributed by atoms with Crippen LogP contribution in [0.5, 0.6) is 0 Å². The number of hydrogen-bond donors (Lipinski definition) is 5. The third-order valence-electron chi connectivity index (χ3n) is 10.5. The number of ether oxygens (including phenoxy) is 3. The topological polar surface area (TPSA) is 196 Å². The Morgan fingerprint density at radius 1 is 1.26 bits per heavy atom. The van der Waals surface area contributed by atoms with Gasteiger partial charge in [-0.3, -0.25) is 14.5 Å². The number of cyclic esters (lactones) is 1. The Kier molecular flexibility index (Phi) is 15.1. The van der Waals surface area contributed by atoms with Crippen molar-refractivity contribution in [3.63, 3.8) is 0 Å². The standard InChI is InChI=1S/C37H61N3O10/c1-8-30(43)25(4)34-31(48-34)21-36(6,47)14-9-10-23(2)33-24(3)11-12-28(29-22-39(17-16-38)18-19-40(29)35(45)46)37(7,50-26(5)41)15-13-27(42)20-32(44)49-33/h9-12,14,24-25,27-31,33-34,42-43,47H,8,13,15-22,38H2,1-7H3,(H,45,46)/b12-11+,14-9+,23-10+/t24-,25+,27+,28-,29?,30-,31+,33+,34+,36-,37+/m0/s1. The van der Waals surface area contributed by atoms with Crippen LogP contribution in [0, 0.1) is 17.8 Å². The molecule has 0 radical (unpaired) electrons. The van der Waals surface area contributed by atoms with Gasteiger partial charge in [0.2, 0.25) is 0 Å². The summed E-state index contributed by atoms with van der Waals surface area (Å²) in [6.45, 7) is 14.4. The van der Waals surface area contributed by atoms with E-state index in [1.165, 1.54) is 11.8 Å². The highest BCUT2D eigenvalue weighted by Gasteiger charge is 2.48. The van der Waals surface area contributed by atoms with Crippen molar-refractivity contribution in [2.24, 2.45) is 23.5 Å². The lowest BCUT2D eigenvalue weighted by atomic mass is 9.76. The zero-order chi connectivity index (χ0) is 37.4. The van der Waals surface area contributed by atoms with Crippen LogP contribution in [0.1, 0.15) is 80.6 Å². The van der Waals surface area contributed by atoms with Crippen molar-refractivity contribution in [2.75, 3.05) is 32.7 Å². The molecule has 13 heteroatoms. The van der Waals surface area contributed by atoms with Gasteiger partial charge in [-0.25, -0.2) is 4.79 Å². The molecule has 3 heterocycles. The molecule has 0 aliphatic carbocycles. The first-order chi connectivity index (χ1) is 23.4. The van der Waals surface area contributed by atoms with Gasteiger partial charge in [0, 0.05) is 63.8 Å². The second-order valence-electron chi connectivity index (χ2n) is 14.9. The molecule has 50 heavy (non-hydrogen) atoms. The number of nitrogens with two attached hydrogens (primary N) is 1. The highest BCUT2D eigenvalue weighted by molar-refractivity contribution is 5.70. The van der Waals surface area contributed by atoms with Crippen LogP contribution >= 0.6 is 0 Å². The Hall–Kier alpha value is -2.81. The van der Waals surface area contributed by atoms with Gasteiger partial charge >= 0.3 is 18.0 Å². The van der Waals surface area contributed by atoms with Gasteiger partial charge in [0.1, 0.15) is 11.7 Å². The molecule has 6 N–H and O–H groups in total. The van der Waals surface area contributed by atoms with Crippen molar-refractivity contribution in [3.05, 3.63) is 36.0 Å². The minimum atomic E-state index is -1.21. The number of allylic oxidation sites excluding steroid dienone is 2. The maximum atomic E-state index is 13.1. The van der Waals surface area contributed by atoms with Gasteiger partial charge in [0.15, 0.2) is 0 Å². The average Bonchev–Trinajstić information content (AvgIpc) is 3.79. The molecule has 0 spiro atoms. The second-order valence-corrected chi connectivity index (χ2v) is 14.9. The molecule has 3 rings (SSSR count). The first-order valence-corrected chi connectivity index (χ1v) is 18.0. The summed E-state index contributed by atoms with van der Waals surface area (Å²) in [5.41, 5.74) is 4.15. The molecule has 13 nitrogen and oxygen atoms in total. The number of carbonyl (C=O) groups excluding carboxylic acids is 2. The number of esters is 2. The van der Waals surface area contributed by atoms with Crippen molar-refractivity contribution in [1.82, 2.24) is 9.80 Å². The number of rotatable bonds is 12. The Labute approximate surface area is 297 Å². The van der Waals surface area contributed by atoms with Crippen LogP contribution in [0.2, 0.25) is 0 Å². The highest BCUT2D eigenvalue weighted by Crippen LogP contribution is 2.39. The van der Waals surface area contributed by atoms with E-state index in [4.69, 9.17) is 19.9 Å². The Morgan fingerprint density at radius 2 is 1.96 bits per heavy atom. The van der Waals surface area contributed by atoms with E-state index in [1.54, 1.807) is 32.1 Å². The molecular formula is C37H61N3O10. The molecule has 11 atom stereocenters. The molecule has 2 saturated heterocycles. The molecule has 284 valence electrons. The Morgan fingerprint density at radius 3 is 2.58 bits per heavy atom. The van der Waals surface area contributed by atoms with Gasteiger partial charge in [-0.05, 0) is 45.6 Å². The van der Waals surface area contributed by atoms with Gasteiger partial charge in [0.05, 0.1) is 42.5 Å². The number of hydrogen-bond acceptors (Lipinski definition) is 11. The number of aliphatic hydroxyl groups excluding tert-OH is 2. The van der Waals surface area contributed by atoms with Crippen LogP contribution in [0.25, 0.3) is 0 Å². The molecule has 0 aromatic rings. The SMILES string of the molecule is CC[C@H](O)[C@@H](C)[C@H]1O[C@@H]1C[C@@](C)(O)/C=C/C=C(\C)[C@H]1OC(=O)C[C@H](O)CC[C@@](C)(OC(C)=O)[C@H](C2CN(CCN)CCN2C(=O)O)/C=C/[C@@H]1C. The van der Waals surface area contributed by atoms with Gasteiger partial charge in [-0.15, -0.1) is 0 Å². The van der Waals surface area contributed by atoms with Crippen LogP contribution in [-0.4, -0.2) is 129 Å². The van der Waals surface area contributed by atoms with Crippen molar-refractivity contribution >= 4 is 18.0 Å². The van der Waals surface area contributed by atoms with Crippen LogP contribution in [-0.2, 0) is 23.8 Å². The number of nitrogens with zero attached hydrogens (tertiary/aromatic N) is 2. The summed E-state index contributed by atoms with van der Waals surface area (Å²) in [5, 5.41) is 42.4. The summed E-state index contributed by atoms with van der Waals surface area (Å²) in [7, 11) is 0. The fraction of sp³-hybridized carbons (Fsp3) is 0.757. The first kappa shape index (κ1) is 41.6. The lowest BCUT2D eigenvalue weighted by Crippen LogP contribution is -2.61. The van der Waals surface area contributed by atoms with Crippen molar-refractivity contribution < 1.29 is 49.0 Å². The normalized spacial score (nSPS) is 34.9. The number of epoxide rings is 1. The number of carboxylic acid groups (broad SMARTS) is 1. The summed E-state index contributed by atoms with van der Waals surface area (Å²) < 4.78 is 17.7. The lowest BCUT2D eigenvalue weighted by molar-refractivity contribution is -0.165. The fourth-order valence-electron chi connectivity index (χ4n) is 7.45. The van der Waals surface area contributed by atoms with E-state index in [0.717, 1.165) is 0 Å². The maximum Gasteiger partial charge on any atom is 0.407 e.